The number of carbonyl (C=O) groups excluding carboxylic acids is 1. The molecule has 5 nitrogen and oxygen atoms in total. The largest absolute Gasteiger partial charge is 0.481 e. The lowest BCUT2D eigenvalue weighted by atomic mass is 10.1. The molecule has 1 N–H and O–H groups in total. The predicted molar refractivity (Wildman–Crippen MR) is 76.2 cm³/mol. The van der Waals surface area contributed by atoms with Crippen LogP contribution in [0.2, 0.25) is 0 Å². The smallest absolute Gasteiger partial charge is 0.320 e. The van der Waals surface area contributed by atoms with E-state index < -0.39 is 5.97 Å². The number of urea groups is 1. The number of aliphatic carboxylic acids is 1. The van der Waals surface area contributed by atoms with E-state index in [1.54, 1.807) is 9.80 Å². The Bertz CT molecular complexity index is 308. The van der Waals surface area contributed by atoms with Crippen molar-refractivity contribution < 1.29 is 14.7 Å². The number of carbonyl (C=O) groups is 2. The summed E-state index contributed by atoms with van der Waals surface area (Å²) >= 11 is 0. The van der Waals surface area contributed by atoms with Crippen molar-refractivity contribution in [3.8, 4) is 0 Å². The fourth-order valence-corrected chi connectivity index (χ4v) is 1.88. The molecular formula is C14H28N2O3. The Kier molecular flexibility index (Phi) is 6.87. The van der Waals surface area contributed by atoms with Crippen molar-refractivity contribution in [3.05, 3.63) is 0 Å². The summed E-state index contributed by atoms with van der Waals surface area (Å²) in [6, 6.07) is -0.0787. The molecule has 0 saturated heterocycles. The molecule has 0 radical (unpaired) electrons. The van der Waals surface area contributed by atoms with Gasteiger partial charge < -0.3 is 14.9 Å². The number of carboxylic acids is 1. The highest BCUT2D eigenvalue weighted by Gasteiger charge is 2.30. The number of hydrogen-bond acceptors (Lipinski definition) is 2. The van der Waals surface area contributed by atoms with Gasteiger partial charge in [0.05, 0.1) is 6.42 Å². The number of hydrogen-bond donors (Lipinski definition) is 1. The van der Waals surface area contributed by atoms with E-state index in [0.717, 1.165) is 0 Å². The molecule has 2 amide bonds. The molecular weight excluding hydrogens is 244 g/mol. The topological polar surface area (TPSA) is 60.9 Å². The first-order valence-corrected chi connectivity index (χ1v) is 6.87. The molecule has 0 saturated carbocycles. The Morgan fingerprint density at radius 2 is 1.74 bits per heavy atom. The number of nitrogens with zero attached hydrogens (tertiary/aromatic N) is 2. The molecule has 0 heterocycles. The minimum absolute atomic E-state index is 0.0256. The van der Waals surface area contributed by atoms with Crippen molar-refractivity contribution in [2.24, 2.45) is 5.92 Å². The molecule has 0 unspecified atom stereocenters. The molecule has 0 bridgehead atoms. The molecule has 0 aliphatic heterocycles. The number of rotatable bonds is 6. The van der Waals surface area contributed by atoms with Crippen LogP contribution < -0.4 is 0 Å². The molecule has 5 heteroatoms. The van der Waals surface area contributed by atoms with Crippen LogP contribution in [0.4, 0.5) is 4.79 Å². The van der Waals surface area contributed by atoms with Crippen LogP contribution in [0, 0.1) is 5.92 Å². The molecule has 19 heavy (non-hydrogen) atoms. The zero-order valence-electron chi connectivity index (χ0n) is 13.1. The zero-order chi connectivity index (χ0) is 15.2. The van der Waals surface area contributed by atoms with Gasteiger partial charge in [0, 0.05) is 25.2 Å². The molecule has 0 spiro atoms. The van der Waals surface area contributed by atoms with E-state index in [2.05, 4.69) is 13.8 Å². The summed E-state index contributed by atoms with van der Waals surface area (Å²) in [7, 11) is 0. The fourth-order valence-electron chi connectivity index (χ4n) is 1.88. The van der Waals surface area contributed by atoms with Crippen LogP contribution >= 0.6 is 0 Å². The van der Waals surface area contributed by atoms with Gasteiger partial charge in [-0.05, 0) is 33.6 Å². The van der Waals surface area contributed by atoms with E-state index in [4.69, 9.17) is 5.11 Å². The third kappa shape index (κ3) is 6.45. The molecule has 0 aromatic carbocycles. The number of amides is 2. The van der Waals surface area contributed by atoms with Gasteiger partial charge in [-0.3, -0.25) is 4.79 Å². The van der Waals surface area contributed by atoms with Crippen LogP contribution in [0.3, 0.4) is 0 Å². The monoisotopic (exact) mass is 272 g/mol. The second-order valence-electron chi connectivity index (χ2n) is 6.18. The quantitative estimate of drug-likeness (QED) is 0.808. The predicted octanol–water partition coefficient (Wildman–Crippen LogP) is 2.66. The Morgan fingerprint density at radius 3 is 2.05 bits per heavy atom. The van der Waals surface area contributed by atoms with Crippen LogP contribution in [0.25, 0.3) is 0 Å². The summed E-state index contributed by atoms with van der Waals surface area (Å²) < 4.78 is 0. The Labute approximate surface area is 116 Å². The highest BCUT2D eigenvalue weighted by Crippen LogP contribution is 2.17. The van der Waals surface area contributed by atoms with Gasteiger partial charge in [0.15, 0.2) is 0 Å². The standard InChI is InChI=1S/C14H28N2O3/c1-7-15(10-11(2)3)13(19)16(14(4,5)6)9-8-12(17)18/h11H,7-10H2,1-6H3,(H,17,18). The van der Waals surface area contributed by atoms with Gasteiger partial charge in [0.2, 0.25) is 0 Å². The number of carboxylic acid groups (broad SMARTS) is 1. The lowest BCUT2D eigenvalue weighted by molar-refractivity contribution is -0.137. The van der Waals surface area contributed by atoms with Gasteiger partial charge in [-0.25, -0.2) is 4.79 Å². The zero-order valence-corrected chi connectivity index (χ0v) is 13.1. The van der Waals surface area contributed by atoms with E-state index >= 15 is 0 Å². The van der Waals surface area contributed by atoms with Crippen molar-refractivity contribution in [2.45, 2.75) is 53.5 Å². The Balaban J connectivity index is 4.92. The summed E-state index contributed by atoms with van der Waals surface area (Å²) in [5.41, 5.74) is -0.378. The molecule has 0 atom stereocenters. The molecule has 0 fully saturated rings. The first-order chi connectivity index (χ1) is 8.59. The van der Waals surface area contributed by atoms with Crippen molar-refractivity contribution in [1.82, 2.24) is 9.80 Å². The third-order valence-electron chi connectivity index (χ3n) is 2.83. The fraction of sp³-hybridized carbons (Fsp3) is 0.857. The van der Waals surface area contributed by atoms with Crippen molar-refractivity contribution >= 4 is 12.0 Å². The lowest BCUT2D eigenvalue weighted by Gasteiger charge is -2.39. The maximum absolute atomic E-state index is 12.5. The summed E-state index contributed by atoms with van der Waals surface area (Å²) in [4.78, 5) is 26.7. The second kappa shape index (κ2) is 7.36. The Hall–Kier alpha value is -1.26. The van der Waals surface area contributed by atoms with Gasteiger partial charge >= 0.3 is 12.0 Å². The van der Waals surface area contributed by atoms with Gasteiger partial charge in [0.1, 0.15) is 0 Å². The summed E-state index contributed by atoms with van der Waals surface area (Å²) in [5, 5.41) is 8.80. The van der Waals surface area contributed by atoms with Gasteiger partial charge in [-0.1, -0.05) is 13.8 Å². The van der Waals surface area contributed by atoms with E-state index in [9.17, 15) is 9.59 Å². The highest BCUT2D eigenvalue weighted by molar-refractivity contribution is 5.76. The third-order valence-corrected chi connectivity index (χ3v) is 2.83. The minimum atomic E-state index is -0.881. The molecule has 0 aliphatic rings. The average molecular weight is 272 g/mol. The van der Waals surface area contributed by atoms with E-state index in [0.29, 0.717) is 19.0 Å². The SMILES string of the molecule is CCN(CC(C)C)C(=O)N(CCC(=O)O)C(C)(C)C. The van der Waals surface area contributed by atoms with Gasteiger partial charge in [-0.2, -0.15) is 0 Å². The Morgan fingerprint density at radius 1 is 1.21 bits per heavy atom. The minimum Gasteiger partial charge on any atom is -0.481 e. The van der Waals surface area contributed by atoms with Crippen molar-refractivity contribution in [3.63, 3.8) is 0 Å². The average Bonchev–Trinajstić information content (AvgIpc) is 2.23. The molecule has 112 valence electrons. The summed E-state index contributed by atoms with van der Waals surface area (Å²) in [6.07, 6.45) is -0.0256. The molecule has 0 rings (SSSR count). The van der Waals surface area contributed by atoms with Crippen LogP contribution in [0.5, 0.6) is 0 Å². The summed E-state index contributed by atoms with van der Waals surface area (Å²) in [6.45, 7) is 13.4. The van der Waals surface area contributed by atoms with Crippen molar-refractivity contribution in [2.75, 3.05) is 19.6 Å². The molecule has 0 aromatic rings. The van der Waals surface area contributed by atoms with Gasteiger partial charge in [0.25, 0.3) is 0 Å². The first-order valence-electron chi connectivity index (χ1n) is 6.87. The maximum atomic E-state index is 12.5. The van der Waals surface area contributed by atoms with Crippen LogP contribution in [0.15, 0.2) is 0 Å². The molecule has 0 aromatic heterocycles. The van der Waals surface area contributed by atoms with E-state index in [-0.39, 0.29) is 24.5 Å². The molecule has 0 aliphatic carbocycles. The van der Waals surface area contributed by atoms with Crippen LogP contribution in [-0.4, -0.2) is 52.1 Å². The lowest BCUT2D eigenvalue weighted by Crippen LogP contribution is -2.53. The van der Waals surface area contributed by atoms with Crippen molar-refractivity contribution in [1.29, 1.82) is 0 Å². The second-order valence-corrected chi connectivity index (χ2v) is 6.18. The van der Waals surface area contributed by atoms with Gasteiger partial charge in [-0.15, -0.1) is 0 Å². The normalized spacial score (nSPS) is 11.5. The summed E-state index contributed by atoms with van der Waals surface area (Å²) in [5.74, 6) is -0.487. The maximum Gasteiger partial charge on any atom is 0.320 e. The highest BCUT2D eigenvalue weighted by atomic mass is 16.4. The van der Waals surface area contributed by atoms with E-state index in [1.807, 2.05) is 27.7 Å². The van der Waals surface area contributed by atoms with E-state index in [1.165, 1.54) is 0 Å². The van der Waals surface area contributed by atoms with Crippen LogP contribution in [0.1, 0.15) is 48.0 Å². The van der Waals surface area contributed by atoms with Crippen LogP contribution in [-0.2, 0) is 4.79 Å². The first kappa shape index (κ1) is 17.7.